The van der Waals surface area contributed by atoms with Crippen molar-refractivity contribution in [1.29, 1.82) is 10.9 Å². The van der Waals surface area contributed by atoms with Crippen molar-refractivity contribution in [3.05, 3.63) is 35.4 Å². The number of rotatable bonds is 2. The van der Waals surface area contributed by atoms with Crippen LogP contribution in [0.25, 0.3) is 0 Å². The van der Waals surface area contributed by atoms with E-state index in [0.717, 1.165) is 11.1 Å². The summed E-state index contributed by atoms with van der Waals surface area (Å²) < 4.78 is 0. The topological polar surface area (TPSA) is 72.1 Å². The van der Waals surface area contributed by atoms with Crippen LogP contribution in [-0.2, 0) is 0 Å². The molecular formula is C8H10N4. The Bertz CT molecular complexity index is 288. The van der Waals surface area contributed by atoms with E-state index in [2.05, 4.69) is 10.6 Å². The Kier molecular flexibility index (Phi) is 2.53. The van der Waals surface area contributed by atoms with Gasteiger partial charge in [-0.15, -0.1) is 0 Å². The predicted octanol–water partition coefficient (Wildman–Crippen LogP) is 1.86. The first-order valence-electron chi connectivity index (χ1n) is 3.52. The van der Waals surface area contributed by atoms with Gasteiger partial charge in [0, 0.05) is 5.56 Å². The van der Waals surface area contributed by atoms with E-state index in [9.17, 15) is 0 Å². The van der Waals surface area contributed by atoms with Gasteiger partial charge in [0.2, 0.25) is 0 Å². The number of benzene rings is 1. The van der Waals surface area contributed by atoms with Crippen LogP contribution in [0.15, 0.2) is 29.5 Å². The zero-order valence-corrected chi connectivity index (χ0v) is 6.76. The molecule has 0 aliphatic rings. The summed E-state index contributed by atoms with van der Waals surface area (Å²) in [6.45, 7) is 1.98. The van der Waals surface area contributed by atoms with E-state index in [1.807, 2.05) is 31.2 Å². The van der Waals surface area contributed by atoms with Crippen LogP contribution in [0.4, 0.5) is 0 Å². The normalized spacial score (nSPS) is 9.08. The first-order valence-corrected chi connectivity index (χ1v) is 3.52. The Labute approximate surface area is 70.6 Å². The van der Waals surface area contributed by atoms with E-state index in [0.29, 0.717) is 0 Å². The summed E-state index contributed by atoms with van der Waals surface area (Å²) in [5, 5.41) is 10.3. The van der Waals surface area contributed by atoms with Crippen LogP contribution in [0.2, 0.25) is 0 Å². The van der Waals surface area contributed by atoms with Gasteiger partial charge in [-0.05, 0) is 6.92 Å². The van der Waals surface area contributed by atoms with Crippen molar-refractivity contribution in [2.45, 2.75) is 6.92 Å². The molecule has 4 heteroatoms. The standard InChI is InChI=1S/C8H10N4/c1-6-2-4-7(5-3-6)8(9)11-12-10/h2-5H,1H3,(H3,9,10,11). The molecule has 0 heterocycles. The molecule has 4 nitrogen and oxygen atoms in total. The van der Waals surface area contributed by atoms with Gasteiger partial charge in [0.05, 0.1) is 0 Å². The summed E-state index contributed by atoms with van der Waals surface area (Å²) in [5.74, 6) is 0.144. The van der Waals surface area contributed by atoms with E-state index in [1.165, 1.54) is 0 Å². The molecule has 1 aromatic carbocycles. The van der Waals surface area contributed by atoms with Crippen molar-refractivity contribution < 1.29 is 0 Å². The summed E-state index contributed by atoms with van der Waals surface area (Å²) in [5.41, 5.74) is 10.6. The molecule has 0 aliphatic heterocycles. The van der Waals surface area contributed by atoms with Crippen molar-refractivity contribution >= 4 is 5.84 Å². The Hall–Kier alpha value is -1.71. The second-order valence-electron chi connectivity index (χ2n) is 2.46. The van der Waals surface area contributed by atoms with Gasteiger partial charge in [0.15, 0.2) is 0 Å². The first kappa shape index (κ1) is 8.39. The zero-order chi connectivity index (χ0) is 8.97. The molecular weight excluding hydrogens is 152 g/mol. The van der Waals surface area contributed by atoms with E-state index < -0.39 is 0 Å². The van der Waals surface area contributed by atoms with Gasteiger partial charge in [-0.1, -0.05) is 35.1 Å². The molecule has 0 unspecified atom stereocenters. The number of aryl methyl sites for hydroxylation is 1. The summed E-state index contributed by atoms with van der Waals surface area (Å²) in [7, 11) is 0. The molecule has 0 fully saturated rings. The van der Waals surface area contributed by atoms with Gasteiger partial charge >= 0.3 is 0 Å². The molecule has 0 radical (unpaired) electrons. The molecule has 0 saturated carbocycles. The van der Waals surface area contributed by atoms with Crippen molar-refractivity contribution in [3.63, 3.8) is 0 Å². The number of hydrogen-bond donors (Lipinski definition) is 3. The Morgan fingerprint density at radius 1 is 1.33 bits per heavy atom. The number of nitrogens with zero attached hydrogens (tertiary/aromatic N) is 1. The van der Waals surface area contributed by atoms with Crippen LogP contribution in [0.1, 0.15) is 11.1 Å². The molecule has 0 aromatic heterocycles. The second kappa shape index (κ2) is 3.61. The fraction of sp³-hybridized carbons (Fsp3) is 0.125. The summed E-state index contributed by atoms with van der Waals surface area (Å²) >= 11 is 0. The minimum atomic E-state index is 0.144. The monoisotopic (exact) mass is 162 g/mol. The molecule has 0 atom stereocenters. The molecule has 1 aromatic rings. The smallest absolute Gasteiger partial charge is 0.147 e. The van der Waals surface area contributed by atoms with Crippen molar-refractivity contribution in [1.82, 2.24) is 5.43 Å². The lowest BCUT2D eigenvalue weighted by molar-refractivity contribution is 0.861. The zero-order valence-electron chi connectivity index (χ0n) is 6.76. The molecule has 0 aliphatic carbocycles. The highest BCUT2D eigenvalue weighted by Gasteiger charge is 1.97. The summed E-state index contributed by atoms with van der Waals surface area (Å²) in [4.78, 5) is 0. The highest BCUT2D eigenvalue weighted by Crippen LogP contribution is 2.02. The minimum absolute atomic E-state index is 0.144. The number of nitrogens with one attached hydrogen (secondary N) is 3. The Morgan fingerprint density at radius 3 is 2.42 bits per heavy atom. The van der Waals surface area contributed by atoms with Gasteiger partial charge in [0.25, 0.3) is 0 Å². The molecule has 0 spiro atoms. The third-order valence-corrected chi connectivity index (χ3v) is 1.51. The van der Waals surface area contributed by atoms with Crippen molar-refractivity contribution in [2.75, 3.05) is 0 Å². The molecule has 3 N–H and O–H groups in total. The number of amidine groups is 1. The highest BCUT2D eigenvalue weighted by atomic mass is 15.4. The molecule has 1 rings (SSSR count). The van der Waals surface area contributed by atoms with Gasteiger partial charge in [0.1, 0.15) is 5.84 Å². The average molecular weight is 162 g/mol. The highest BCUT2D eigenvalue weighted by molar-refractivity contribution is 5.95. The van der Waals surface area contributed by atoms with Crippen molar-refractivity contribution in [3.8, 4) is 0 Å². The van der Waals surface area contributed by atoms with Crippen LogP contribution in [0.3, 0.4) is 0 Å². The van der Waals surface area contributed by atoms with E-state index >= 15 is 0 Å². The van der Waals surface area contributed by atoms with Crippen molar-refractivity contribution in [2.24, 2.45) is 5.22 Å². The maximum absolute atomic E-state index is 7.38. The number of hydrogen-bond acceptors (Lipinski definition) is 3. The largest absolute Gasteiger partial charge is 0.283 e. The van der Waals surface area contributed by atoms with Crippen LogP contribution < -0.4 is 5.43 Å². The van der Waals surface area contributed by atoms with Gasteiger partial charge in [-0.3, -0.25) is 5.41 Å². The SMILES string of the molecule is Cc1ccc(C(=N)NN=N)cc1. The third kappa shape index (κ3) is 1.88. The van der Waals surface area contributed by atoms with Crippen LogP contribution in [0.5, 0.6) is 0 Å². The lowest BCUT2D eigenvalue weighted by Gasteiger charge is -2.00. The van der Waals surface area contributed by atoms with Gasteiger partial charge in [-0.25, -0.2) is 5.43 Å². The first-order chi connectivity index (χ1) is 5.74. The second-order valence-corrected chi connectivity index (χ2v) is 2.46. The third-order valence-electron chi connectivity index (χ3n) is 1.51. The van der Waals surface area contributed by atoms with E-state index in [4.69, 9.17) is 10.9 Å². The van der Waals surface area contributed by atoms with Crippen LogP contribution in [-0.4, -0.2) is 5.84 Å². The lowest BCUT2D eigenvalue weighted by atomic mass is 10.1. The van der Waals surface area contributed by atoms with E-state index in [-0.39, 0.29) is 5.84 Å². The lowest BCUT2D eigenvalue weighted by Crippen LogP contribution is -2.16. The average Bonchev–Trinajstić information content (AvgIpc) is 2.06. The van der Waals surface area contributed by atoms with E-state index in [1.54, 1.807) is 0 Å². The summed E-state index contributed by atoms with van der Waals surface area (Å²) in [6.07, 6.45) is 0. The molecule has 12 heavy (non-hydrogen) atoms. The predicted molar refractivity (Wildman–Crippen MR) is 46.3 cm³/mol. The molecule has 62 valence electrons. The molecule has 0 bridgehead atoms. The Balaban J connectivity index is 2.82. The minimum Gasteiger partial charge on any atom is -0.283 e. The fourth-order valence-corrected chi connectivity index (χ4v) is 0.841. The fourth-order valence-electron chi connectivity index (χ4n) is 0.841. The summed E-state index contributed by atoms with van der Waals surface area (Å²) in [6, 6.07) is 7.46. The Morgan fingerprint density at radius 2 is 1.92 bits per heavy atom. The molecule has 0 saturated heterocycles. The maximum atomic E-state index is 7.38. The van der Waals surface area contributed by atoms with Crippen LogP contribution >= 0.6 is 0 Å². The maximum Gasteiger partial charge on any atom is 0.147 e. The quantitative estimate of drug-likeness (QED) is 0.264. The van der Waals surface area contributed by atoms with Crippen LogP contribution in [0, 0.1) is 17.9 Å². The molecule has 0 amide bonds. The van der Waals surface area contributed by atoms with Gasteiger partial charge < -0.3 is 0 Å². The van der Waals surface area contributed by atoms with Gasteiger partial charge in [-0.2, -0.15) is 5.53 Å².